The van der Waals surface area contributed by atoms with Crippen LogP contribution in [0.1, 0.15) is 6.92 Å². The molecule has 74 valence electrons. The van der Waals surface area contributed by atoms with E-state index in [1.54, 1.807) is 27.1 Å². The Morgan fingerprint density at radius 1 is 1.15 bits per heavy atom. The molecule has 0 saturated carbocycles. The quantitative estimate of drug-likeness (QED) is 0.708. The average Bonchev–Trinajstić information content (AvgIpc) is 1.82. The fraction of sp³-hybridized carbons (Fsp3) is 0.889. The van der Waals surface area contributed by atoms with Gasteiger partial charge in [-0.15, -0.1) is 0 Å². The van der Waals surface area contributed by atoms with Crippen molar-refractivity contribution >= 4 is 19.2 Å². The molecule has 0 atom stereocenters. The summed E-state index contributed by atoms with van der Waals surface area (Å²) < 4.78 is 7.61. The molecule has 0 aromatic heterocycles. The summed E-state index contributed by atoms with van der Waals surface area (Å²) in [5.74, 6) is 0. The zero-order valence-corrected chi connectivity index (χ0v) is 14.3. The van der Waals surface area contributed by atoms with Crippen molar-refractivity contribution < 1.29 is 28.7 Å². The topological polar surface area (TPSA) is 9.23 Å². The van der Waals surface area contributed by atoms with E-state index in [2.05, 4.69) is 39.7 Å². The van der Waals surface area contributed by atoms with E-state index in [0.29, 0.717) is 0 Å². The summed E-state index contributed by atoms with van der Waals surface area (Å²) in [7, 11) is -2.30. The van der Waals surface area contributed by atoms with Crippen LogP contribution in [0.4, 0.5) is 0 Å². The van der Waals surface area contributed by atoms with Crippen LogP contribution in [0, 0.1) is 0 Å². The zero-order chi connectivity index (χ0) is 10.7. The molecule has 0 aliphatic carbocycles. The molecule has 0 N–H and O–H groups in total. The van der Waals surface area contributed by atoms with Gasteiger partial charge < -0.3 is 0 Å². The minimum absolute atomic E-state index is 0.987. The van der Waals surface area contributed by atoms with E-state index in [-0.39, 0.29) is 0 Å². The van der Waals surface area contributed by atoms with Gasteiger partial charge >= 0.3 is 100 Å². The predicted octanol–water partition coefficient (Wildman–Crippen LogP) is 2.82. The van der Waals surface area contributed by atoms with Gasteiger partial charge in [0.2, 0.25) is 0 Å². The van der Waals surface area contributed by atoms with Crippen LogP contribution < -0.4 is 0 Å². The summed E-state index contributed by atoms with van der Waals surface area (Å²) >= 11 is 1.62. The van der Waals surface area contributed by atoms with E-state index in [0.717, 1.165) is 6.61 Å². The van der Waals surface area contributed by atoms with Crippen molar-refractivity contribution in [1.29, 1.82) is 0 Å². The molecular formula is C9H22OSi2Zr+2. The van der Waals surface area contributed by atoms with E-state index in [1.165, 1.54) is 6.04 Å². The molecule has 1 nitrogen and oxygen atoms in total. The first kappa shape index (κ1) is 14.1. The molecular weight excluding hydrogens is 271 g/mol. The Kier molecular flexibility index (Phi) is 5.76. The van der Waals surface area contributed by atoms with E-state index in [9.17, 15) is 0 Å². The first-order chi connectivity index (χ1) is 5.65. The molecule has 0 saturated heterocycles. The number of hydrogen-bond donors (Lipinski definition) is 0. The van der Waals surface area contributed by atoms with Crippen molar-refractivity contribution in [2.45, 2.75) is 45.7 Å². The average molecular weight is 294 g/mol. The normalized spacial score (nSPS) is 13.2. The second kappa shape index (κ2) is 5.29. The number of rotatable bonds is 5. The van der Waals surface area contributed by atoms with Crippen molar-refractivity contribution in [2.24, 2.45) is 0 Å². The molecule has 0 rings (SSSR count). The summed E-state index contributed by atoms with van der Waals surface area (Å²) in [5, 5.41) is 0. The Bertz CT molecular complexity index is 185. The van der Waals surface area contributed by atoms with Gasteiger partial charge in [-0.2, -0.15) is 0 Å². The van der Waals surface area contributed by atoms with Crippen LogP contribution in [-0.2, 0) is 28.7 Å². The third-order valence-electron chi connectivity index (χ3n) is 2.28. The predicted molar refractivity (Wildman–Crippen MR) is 62.3 cm³/mol. The Labute approximate surface area is 99.7 Å². The van der Waals surface area contributed by atoms with Gasteiger partial charge in [-0.05, 0) is 0 Å². The van der Waals surface area contributed by atoms with Crippen molar-refractivity contribution in [1.82, 2.24) is 0 Å². The fourth-order valence-corrected chi connectivity index (χ4v) is 3.63. The standard InChI is InChI=1S/C9H22OSi2.Zr/c1-7-12(5,6)9-8-10-11(2,3)4;/h8-9H2,1-6H3;/q;+2. The summed E-state index contributed by atoms with van der Waals surface area (Å²) in [6, 6.07) is 1.30. The molecule has 0 aliphatic rings. The Morgan fingerprint density at radius 2 is 1.62 bits per heavy atom. The number of hydrogen-bond acceptors (Lipinski definition) is 1. The van der Waals surface area contributed by atoms with E-state index >= 15 is 0 Å². The van der Waals surface area contributed by atoms with Gasteiger partial charge in [-0.25, -0.2) is 0 Å². The van der Waals surface area contributed by atoms with Crippen LogP contribution in [0.3, 0.4) is 0 Å². The van der Waals surface area contributed by atoms with Gasteiger partial charge in [0.25, 0.3) is 0 Å². The second-order valence-electron chi connectivity index (χ2n) is 5.22. The van der Waals surface area contributed by atoms with Crippen LogP contribution in [0.2, 0.25) is 38.8 Å². The minimum atomic E-state index is -1.27. The first-order valence-corrected chi connectivity index (χ1v) is 12.7. The molecule has 13 heavy (non-hydrogen) atoms. The Hall–Kier alpha value is 1.15. The molecule has 0 bridgehead atoms. The summed E-state index contributed by atoms with van der Waals surface area (Å²) in [4.78, 5) is 0. The van der Waals surface area contributed by atoms with Crippen LogP contribution in [0.15, 0.2) is 0 Å². The van der Waals surface area contributed by atoms with Gasteiger partial charge in [0.15, 0.2) is 0 Å². The Balaban J connectivity index is 3.84. The van der Waals surface area contributed by atoms with Gasteiger partial charge in [-0.1, -0.05) is 0 Å². The fourth-order valence-electron chi connectivity index (χ4n) is 0.800. The van der Waals surface area contributed by atoms with Crippen molar-refractivity contribution in [3.05, 3.63) is 0 Å². The summed E-state index contributed by atoms with van der Waals surface area (Å²) in [6.07, 6.45) is 0. The van der Waals surface area contributed by atoms with Crippen LogP contribution in [0.25, 0.3) is 0 Å². The third-order valence-corrected chi connectivity index (χ3v) is 11.8. The van der Waals surface area contributed by atoms with Crippen molar-refractivity contribution in [3.8, 4) is 0 Å². The molecule has 0 unspecified atom stereocenters. The monoisotopic (exact) mass is 292 g/mol. The maximum atomic E-state index is 5.89. The van der Waals surface area contributed by atoms with Crippen molar-refractivity contribution in [2.75, 3.05) is 6.61 Å². The van der Waals surface area contributed by atoms with Crippen LogP contribution in [-0.4, -0.2) is 25.8 Å². The molecule has 0 aromatic rings. The maximum absolute atomic E-state index is 5.89. The molecule has 0 spiro atoms. The van der Waals surface area contributed by atoms with Crippen LogP contribution >= 0.6 is 0 Å². The van der Waals surface area contributed by atoms with Gasteiger partial charge in [-0.3, -0.25) is 0 Å². The molecule has 0 radical (unpaired) electrons. The van der Waals surface area contributed by atoms with E-state index in [4.69, 9.17) is 4.43 Å². The molecule has 0 heterocycles. The molecule has 4 heteroatoms. The summed E-state index contributed by atoms with van der Waals surface area (Å²) in [6.45, 7) is 15.0. The molecule has 0 amide bonds. The van der Waals surface area contributed by atoms with E-state index in [1.807, 2.05) is 0 Å². The molecule has 0 fully saturated rings. The first-order valence-electron chi connectivity index (χ1n) is 4.85. The van der Waals surface area contributed by atoms with Crippen LogP contribution in [0.5, 0.6) is 0 Å². The summed E-state index contributed by atoms with van der Waals surface area (Å²) in [5.41, 5.74) is 0. The van der Waals surface area contributed by atoms with Gasteiger partial charge in [0.05, 0.1) is 0 Å². The molecule has 0 aromatic carbocycles. The Morgan fingerprint density at radius 3 is 1.92 bits per heavy atom. The van der Waals surface area contributed by atoms with Gasteiger partial charge in [0, 0.05) is 0 Å². The van der Waals surface area contributed by atoms with Gasteiger partial charge in [0.1, 0.15) is 0 Å². The van der Waals surface area contributed by atoms with Crippen molar-refractivity contribution in [3.63, 3.8) is 0 Å². The van der Waals surface area contributed by atoms with E-state index < -0.39 is 16.4 Å². The third kappa shape index (κ3) is 7.12. The molecule has 0 aliphatic heterocycles. The SMILES string of the molecule is C[C](=[Zr+2])[Si](C)(C)CCO[Si](C)(C)C. The second-order valence-corrected chi connectivity index (χ2v) is 17.8. The zero-order valence-electron chi connectivity index (χ0n) is 9.82.